The third-order valence-corrected chi connectivity index (χ3v) is 5.11. The maximum Gasteiger partial charge on any atom is 0.227 e. The average Bonchev–Trinajstić information content (AvgIpc) is 3.50. The van der Waals surface area contributed by atoms with Gasteiger partial charge < -0.3 is 10.1 Å². The van der Waals surface area contributed by atoms with Gasteiger partial charge in [-0.2, -0.15) is 0 Å². The molecule has 0 aliphatic heterocycles. The van der Waals surface area contributed by atoms with E-state index in [0.717, 1.165) is 45.5 Å². The van der Waals surface area contributed by atoms with Crippen molar-refractivity contribution < 1.29 is 14.3 Å². The van der Waals surface area contributed by atoms with Crippen LogP contribution >= 0.6 is 0 Å². The second-order valence-electron chi connectivity index (χ2n) is 7.69. The zero-order valence-corrected chi connectivity index (χ0v) is 17.1. The number of carbonyl (C=O) groups excluding carboxylic acids is 2. The van der Waals surface area contributed by atoms with Gasteiger partial charge in [0.15, 0.2) is 0 Å². The van der Waals surface area contributed by atoms with Crippen LogP contribution in [0.3, 0.4) is 0 Å². The van der Waals surface area contributed by atoms with E-state index >= 15 is 0 Å². The highest BCUT2D eigenvalue weighted by Gasteiger charge is 2.36. The summed E-state index contributed by atoms with van der Waals surface area (Å²) in [6, 6.07) is 18.0. The van der Waals surface area contributed by atoms with Crippen molar-refractivity contribution in [2.24, 2.45) is 5.92 Å². The molecule has 1 unspecified atom stereocenters. The van der Waals surface area contributed by atoms with Crippen LogP contribution in [0.15, 0.2) is 60.2 Å². The van der Waals surface area contributed by atoms with Gasteiger partial charge in [0.25, 0.3) is 0 Å². The van der Waals surface area contributed by atoms with E-state index in [-0.39, 0.29) is 24.2 Å². The summed E-state index contributed by atoms with van der Waals surface area (Å²) < 4.78 is 6.00. The van der Waals surface area contributed by atoms with Crippen molar-refractivity contribution >= 4 is 28.7 Å². The van der Waals surface area contributed by atoms with Gasteiger partial charge in [-0.3, -0.25) is 14.6 Å². The van der Waals surface area contributed by atoms with Gasteiger partial charge in [-0.05, 0) is 50.1 Å². The number of ether oxygens (including phenoxy) is 1. The number of aryl methyl sites for hydroxylation is 1. The SMILES string of the molecule is CC(=O)CNC(=O)C1C/C1=C/c1ccc(OCc2cc(C)nc3ccccc23)cc1. The molecular formula is C25H24N2O3. The second kappa shape index (κ2) is 8.49. The lowest BCUT2D eigenvalue weighted by molar-refractivity contribution is -0.125. The number of hydrogen-bond donors (Lipinski definition) is 1. The Morgan fingerprint density at radius 1 is 1.17 bits per heavy atom. The largest absolute Gasteiger partial charge is 0.489 e. The first-order valence-corrected chi connectivity index (χ1v) is 10.1. The predicted molar refractivity (Wildman–Crippen MR) is 117 cm³/mol. The summed E-state index contributed by atoms with van der Waals surface area (Å²) in [6.45, 7) is 4.03. The minimum absolute atomic E-state index is 0.0416. The Morgan fingerprint density at radius 2 is 1.93 bits per heavy atom. The molecule has 5 heteroatoms. The third-order valence-electron chi connectivity index (χ3n) is 5.11. The molecule has 152 valence electrons. The summed E-state index contributed by atoms with van der Waals surface area (Å²) in [4.78, 5) is 27.5. The minimum Gasteiger partial charge on any atom is -0.489 e. The fourth-order valence-corrected chi connectivity index (χ4v) is 3.48. The first-order chi connectivity index (χ1) is 14.5. The number of ketones is 1. The van der Waals surface area contributed by atoms with Crippen LogP contribution in [0.1, 0.15) is 30.2 Å². The number of aromatic nitrogens is 1. The number of fused-ring (bicyclic) bond motifs is 1. The number of nitrogens with zero attached hydrogens (tertiary/aromatic N) is 1. The molecule has 1 amide bonds. The molecule has 1 aromatic heterocycles. The molecule has 1 atom stereocenters. The van der Waals surface area contributed by atoms with Gasteiger partial charge in [-0.25, -0.2) is 0 Å². The monoisotopic (exact) mass is 400 g/mol. The normalized spacial score (nSPS) is 16.5. The van der Waals surface area contributed by atoms with E-state index < -0.39 is 0 Å². The number of para-hydroxylation sites is 1. The lowest BCUT2D eigenvalue weighted by Gasteiger charge is -2.10. The van der Waals surface area contributed by atoms with Gasteiger partial charge in [0.1, 0.15) is 18.1 Å². The summed E-state index contributed by atoms with van der Waals surface area (Å²) in [5, 5.41) is 3.77. The maximum atomic E-state index is 12.0. The van der Waals surface area contributed by atoms with Crippen LogP contribution in [0.5, 0.6) is 5.75 Å². The highest BCUT2D eigenvalue weighted by molar-refractivity contribution is 5.91. The Kier molecular flexibility index (Phi) is 5.61. The quantitative estimate of drug-likeness (QED) is 0.644. The van der Waals surface area contributed by atoms with E-state index in [0.29, 0.717) is 6.61 Å². The van der Waals surface area contributed by atoms with Crippen LogP contribution < -0.4 is 10.1 Å². The molecule has 4 rings (SSSR count). The summed E-state index contributed by atoms with van der Waals surface area (Å²) in [5.41, 5.74) is 5.18. The van der Waals surface area contributed by atoms with Gasteiger partial charge in [-0.1, -0.05) is 42.0 Å². The highest BCUT2D eigenvalue weighted by atomic mass is 16.5. The van der Waals surface area contributed by atoms with Crippen LogP contribution in [-0.2, 0) is 16.2 Å². The van der Waals surface area contributed by atoms with Crippen molar-refractivity contribution in [3.05, 3.63) is 77.0 Å². The Balaban J connectivity index is 1.37. The summed E-state index contributed by atoms with van der Waals surface area (Å²) in [7, 11) is 0. The molecule has 30 heavy (non-hydrogen) atoms. The Morgan fingerprint density at radius 3 is 2.70 bits per heavy atom. The van der Waals surface area contributed by atoms with Gasteiger partial charge in [0.2, 0.25) is 5.91 Å². The van der Waals surface area contributed by atoms with E-state index in [1.807, 2.05) is 55.5 Å². The van der Waals surface area contributed by atoms with Crippen LogP contribution in [-0.4, -0.2) is 23.2 Å². The average molecular weight is 400 g/mol. The fourth-order valence-electron chi connectivity index (χ4n) is 3.48. The van der Waals surface area contributed by atoms with Crippen molar-refractivity contribution in [1.82, 2.24) is 10.3 Å². The van der Waals surface area contributed by atoms with Gasteiger partial charge >= 0.3 is 0 Å². The van der Waals surface area contributed by atoms with Gasteiger partial charge in [0.05, 0.1) is 18.0 Å². The lowest BCUT2D eigenvalue weighted by atomic mass is 10.1. The molecule has 0 spiro atoms. The second-order valence-corrected chi connectivity index (χ2v) is 7.69. The first-order valence-electron chi connectivity index (χ1n) is 10.1. The number of benzene rings is 2. The number of Topliss-reactive ketones (excluding diaryl/α,β-unsaturated/α-hetero) is 1. The van der Waals surface area contributed by atoms with Crippen LogP contribution in [0.4, 0.5) is 0 Å². The number of carbonyl (C=O) groups is 2. The van der Waals surface area contributed by atoms with E-state index in [2.05, 4.69) is 22.4 Å². The number of rotatable bonds is 7. The standard InChI is InChI=1S/C25H24N2O3/c1-16-11-20(22-5-3-4-6-24(22)27-16)15-30-21-9-7-18(8-10-21)12-19-13-23(19)25(29)26-14-17(2)28/h3-12,23H,13-15H2,1-2H3,(H,26,29)/b19-12-. The zero-order valence-electron chi connectivity index (χ0n) is 17.1. The summed E-state index contributed by atoms with van der Waals surface area (Å²) >= 11 is 0. The molecule has 1 N–H and O–H groups in total. The molecule has 2 aromatic carbocycles. The van der Waals surface area contributed by atoms with Crippen molar-refractivity contribution in [1.29, 1.82) is 0 Å². The van der Waals surface area contributed by atoms with Crippen LogP contribution in [0, 0.1) is 12.8 Å². The molecule has 0 bridgehead atoms. The fraction of sp³-hybridized carbons (Fsp3) is 0.240. The summed E-state index contributed by atoms with van der Waals surface area (Å²) in [5.74, 6) is 0.571. The topological polar surface area (TPSA) is 68.3 Å². The van der Waals surface area contributed by atoms with E-state index in [1.54, 1.807) is 0 Å². The van der Waals surface area contributed by atoms with E-state index in [4.69, 9.17) is 4.74 Å². The van der Waals surface area contributed by atoms with Crippen LogP contribution in [0.2, 0.25) is 0 Å². The van der Waals surface area contributed by atoms with E-state index in [9.17, 15) is 9.59 Å². The molecule has 1 heterocycles. The molecule has 1 fully saturated rings. The van der Waals surface area contributed by atoms with Crippen molar-refractivity contribution in [2.45, 2.75) is 26.9 Å². The number of nitrogens with one attached hydrogen (secondary N) is 1. The molecule has 0 radical (unpaired) electrons. The first kappa shape index (κ1) is 19.8. The zero-order chi connectivity index (χ0) is 21.1. The summed E-state index contributed by atoms with van der Waals surface area (Å²) in [6.07, 6.45) is 2.78. The van der Waals surface area contributed by atoms with Crippen molar-refractivity contribution in [3.8, 4) is 5.75 Å². The predicted octanol–water partition coefficient (Wildman–Crippen LogP) is 4.23. The Bertz CT molecular complexity index is 1130. The maximum absolute atomic E-state index is 12.0. The lowest BCUT2D eigenvalue weighted by Crippen LogP contribution is -2.29. The molecule has 1 aliphatic carbocycles. The molecular weight excluding hydrogens is 376 g/mol. The minimum atomic E-state index is -0.108. The van der Waals surface area contributed by atoms with Crippen molar-refractivity contribution in [3.63, 3.8) is 0 Å². The third kappa shape index (κ3) is 4.74. The Labute approximate surface area is 175 Å². The number of hydrogen-bond acceptors (Lipinski definition) is 4. The smallest absolute Gasteiger partial charge is 0.227 e. The van der Waals surface area contributed by atoms with Crippen molar-refractivity contribution in [2.75, 3.05) is 6.54 Å². The molecule has 0 saturated heterocycles. The van der Waals surface area contributed by atoms with E-state index in [1.165, 1.54) is 6.92 Å². The number of amides is 1. The Hall–Kier alpha value is -3.47. The van der Waals surface area contributed by atoms with Crippen LogP contribution in [0.25, 0.3) is 17.0 Å². The number of pyridine rings is 1. The molecule has 5 nitrogen and oxygen atoms in total. The van der Waals surface area contributed by atoms with Gasteiger partial charge in [-0.15, -0.1) is 0 Å². The molecule has 1 saturated carbocycles. The molecule has 3 aromatic rings. The van der Waals surface area contributed by atoms with Gasteiger partial charge in [0, 0.05) is 16.6 Å². The highest BCUT2D eigenvalue weighted by Crippen LogP contribution is 2.39. The molecule has 1 aliphatic rings.